The first-order valence-corrected chi connectivity index (χ1v) is 11.4. The van der Waals surface area contributed by atoms with Crippen molar-refractivity contribution >= 4 is 28.8 Å². The number of thioether (sulfide) groups is 1. The molecule has 2 atom stereocenters. The van der Waals surface area contributed by atoms with Crippen molar-refractivity contribution in [1.82, 2.24) is 15.5 Å². The molecule has 1 aliphatic carbocycles. The SMILES string of the molecule is CN1C(=O)SC(OC2CCNCC2)(C2(C(=O)NCc3ccccc3)C=CC=CC2)C1=O. The lowest BCUT2D eigenvalue weighted by Crippen LogP contribution is -2.61. The van der Waals surface area contributed by atoms with Crippen LogP contribution in [-0.4, -0.2) is 53.1 Å². The van der Waals surface area contributed by atoms with E-state index < -0.39 is 21.5 Å². The van der Waals surface area contributed by atoms with Crippen LogP contribution in [0.2, 0.25) is 0 Å². The number of rotatable bonds is 6. The lowest BCUT2D eigenvalue weighted by atomic mass is 9.74. The number of likely N-dealkylation sites (N-methyl/N-ethyl adjacent to an activating group) is 1. The molecule has 0 bridgehead atoms. The maximum atomic E-state index is 13.7. The number of nitrogens with zero attached hydrogens (tertiary/aromatic N) is 1. The van der Waals surface area contributed by atoms with Gasteiger partial charge in [0.25, 0.3) is 11.1 Å². The van der Waals surface area contributed by atoms with Crippen molar-refractivity contribution in [3.05, 3.63) is 60.2 Å². The van der Waals surface area contributed by atoms with Crippen LogP contribution in [0.4, 0.5) is 4.79 Å². The van der Waals surface area contributed by atoms with Crippen LogP contribution in [-0.2, 0) is 20.9 Å². The monoisotopic (exact) mass is 441 g/mol. The molecule has 2 aliphatic heterocycles. The van der Waals surface area contributed by atoms with Crippen molar-refractivity contribution in [3.8, 4) is 0 Å². The molecule has 4 rings (SSSR count). The van der Waals surface area contributed by atoms with E-state index >= 15 is 0 Å². The minimum Gasteiger partial charge on any atom is -0.351 e. The van der Waals surface area contributed by atoms with Gasteiger partial charge in [-0.05, 0) is 49.7 Å². The topological polar surface area (TPSA) is 87.7 Å². The summed E-state index contributed by atoms with van der Waals surface area (Å²) in [4.78, 5) is 39.3. The third-order valence-electron chi connectivity index (χ3n) is 6.07. The van der Waals surface area contributed by atoms with Gasteiger partial charge in [0.15, 0.2) is 0 Å². The normalized spacial score (nSPS) is 28.9. The van der Waals surface area contributed by atoms with E-state index in [2.05, 4.69) is 10.6 Å². The molecule has 8 heteroatoms. The molecule has 2 heterocycles. The number of carbonyl (C=O) groups is 3. The number of ether oxygens (including phenoxy) is 1. The van der Waals surface area contributed by atoms with Crippen molar-refractivity contribution in [2.75, 3.05) is 20.1 Å². The molecular weight excluding hydrogens is 414 g/mol. The molecule has 0 aromatic heterocycles. The predicted octanol–water partition coefficient (Wildman–Crippen LogP) is 2.60. The van der Waals surface area contributed by atoms with E-state index in [9.17, 15) is 14.4 Å². The summed E-state index contributed by atoms with van der Waals surface area (Å²) in [6.07, 6.45) is 8.68. The molecule has 1 aromatic rings. The summed E-state index contributed by atoms with van der Waals surface area (Å²) >= 11 is 0.827. The minimum atomic E-state index is -1.64. The van der Waals surface area contributed by atoms with Crippen LogP contribution in [0.1, 0.15) is 24.8 Å². The summed E-state index contributed by atoms with van der Waals surface area (Å²) < 4.78 is 6.47. The Morgan fingerprint density at radius 3 is 2.58 bits per heavy atom. The predicted molar refractivity (Wildman–Crippen MR) is 119 cm³/mol. The summed E-state index contributed by atoms with van der Waals surface area (Å²) in [5.74, 6) is -0.800. The van der Waals surface area contributed by atoms with Gasteiger partial charge in [-0.2, -0.15) is 0 Å². The fraction of sp³-hybridized carbons (Fsp3) is 0.435. The van der Waals surface area contributed by atoms with Crippen molar-refractivity contribution in [2.45, 2.75) is 36.8 Å². The molecule has 0 saturated carbocycles. The Kier molecular flexibility index (Phi) is 6.31. The zero-order valence-electron chi connectivity index (χ0n) is 17.5. The quantitative estimate of drug-likeness (QED) is 0.706. The summed E-state index contributed by atoms with van der Waals surface area (Å²) in [5, 5.41) is 5.86. The van der Waals surface area contributed by atoms with Crippen molar-refractivity contribution < 1.29 is 19.1 Å². The van der Waals surface area contributed by atoms with E-state index in [1.54, 1.807) is 12.2 Å². The Morgan fingerprint density at radius 1 is 1.23 bits per heavy atom. The zero-order valence-corrected chi connectivity index (χ0v) is 18.3. The molecule has 1 aromatic carbocycles. The van der Waals surface area contributed by atoms with Gasteiger partial charge in [0.2, 0.25) is 10.8 Å². The Labute approximate surface area is 186 Å². The van der Waals surface area contributed by atoms with Crippen LogP contribution in [0.25, 0.3) is 0 Å². The third kappa shape index (κ3) is 3.95. The third-order valence-corrected chi connectivity index (χ3v) is 7.44. The maximum absolute atomic E-state index is 13.7. The van der Waals surface area contributed by atoms with Gasteiger partial charge in [-0.3, -0.25) is 19.3 Å². The first-order valence-electron chi connectivity index (χ1n) is 10.5. The van der Waals surface area contributed by atoms with Crippen LogP contribution in [0.15, 0.2) is 54.6 Å². The second-order valence-corrected chi connectivity index (χ2v) is 9.18. The average molecular weight is 442 g/mol. The Morgan fingerprint density at radius 2 is 1.97 bits per heavy atom. The lowest BCUT2D eigenvalue weighted by molar-refractivity contribution is -0.167. The minimum absolute atomic E-state index is 0.213. The fourth-order valence-electron chi connectivity index (χ4n) is 4.27. The van der Waals surface area contributed by atoms with E-state index in [1.165, 1.54) is 7.05 Å². The highest BCUT2D eigenvalue weighted by atomic mass is 32.2. The highest BCUT2D eigenvalue weighted by molar-refractivity contribution is 8.16. The van der Waals surface area contributed by atoms with Gasteiger partial charge < -0.3 is 15.4 Å². The molecule has 31 heavy (non-hydrogen) atoms. The van der Waals surface area contributed by atoms with Gasteiger partial charge in [0.1, 0.15) is 5.41 Å². The standard InChI is InChI=1S/C23H27N3O4S/c1-26-20(28)23(31-21(26)29,30-18-10-14-24-15-11-18)22(12-6-3-7-13-22)19(27)25-16-17-8-4-2-5-9-17/h2-9,12,18,24H,10-11,13-16H2,1H3,(H,25,27). The van der Waals surface area contributed by atoms with E-state index in [0.717, 1.165) is 48.2 Å². The fourth-order valence-corrected chi connectivity index (χ4v) is 5.57. The molecule has 3 amide bonds. The van der Waals surface area contributed by atoms with Gasteiger partial charge >= 0.3 is 0 Å². The van der Waals surface area contributed by atoms with Gasteiger partial charge in [0, 0.05) is 13.6 Å². The zero-order chi connectivity index (χ0) is 21.9. The number of amides is 3. The number of allylic oxidation sites excluding steroid dienone is 3. The highest BCUT2D eigenvalue weighted by Crippen LogP contribution is 2.54. The smallest absolute Gasteiger partial charge is 0.291 e. The number of piperidine rings is 1. The summed E-state index contributed by atoms with van der Waals surface area (Å²) in [7, 11) is 1.45. The number of carbonyl (C=O) groups excluding carboxylic acids is 3. The molecule has 0 radical (unpaired) electrons. The van der Waals surface area contributed by atoms with Crippen molar-refractivity contribution in [2.24, 2.45) is 5.41 Å². The Hall–Kier alpha value is -2.42. The van der Waals surface area contributed by atoms with Crippen LogP contribution < -0.4 is 10.6 Å². The number of imide groups is 1. The van der Waals surface area contributed by atoms with Gasteiger partial charge in [-0.25, -0.2) is 0 Å². The number of benzene rings is 1. The molecule has 7 nitrogen and oxygen atoms in total. The van der Waals surface area contributed by atoms with E-state index in [0.29, 0.717) is 6.54 Å². The van der Waals surface area contributed by atoms with Crippen molar-refractivity contribution in [1.29, 1.82) is 0 Å². The van der Waals surface area contributed by atoms with E-state index in [1.807, 2.05) is 42.5 Å². The number of nitrogens with one attached hydrogen (secondary N) is 2. The maximum Gasteiger partial charge on any atom is 0.291 e. The van der Waals surface area contributed by atoms with E-state index in [-0.39, 0.29) is 18.4 Å². The highest BCUT2D eigenvalue weighted by Gasteiger charge is 2.68. The lowest BCUT2D eigenvalue weighted by Gasteiger charge is -2.44. The van der Waals surface area contributed by atoms with Crippen LogP contribution in [0.3, 0.4) is 0 Å². The largest absolute Gasteiger partial charge is 0.351 e. The number of hydrogen-bond acceptors (Lipinski definition) is 6. The van der Waals surface area contributed by atoms with E-state index in [4.69, 9.17) is 4.74 Å². The van der Waals surface area contributed by atoms with Crippen LogP contribution in [0.5, 0.6) is 0 Å². The second kappa shape index (κ2) is 8.98. The summed E-state index contributed by atoms with van der Waals surface area (Å²) in [6.45, 7) is 1.86. The van der Waals surface area contributed by atoms with Gasteiger partial charge in [-0.15, -0.1) is 0 Å². The molecule has 0 spiro atoms. The summed E-state index contributed by atoms with van der Waals surface area (Å²) in [6, 6.07) is 9.59. The Balaban J connectivity index is 1.70. The van der Waals surface area contributed by atoms with Crippen LogP contribution in [0, 0.1) is 5.41 Å². The molecule has 164 valence electrons. The molecule has 2 unspecified atom stereocenters. The van der Waals surface area contributed by atoms with Crippen molar-refractivity contribution in [3.63, 3.8) is 0 Å². The first kappa shape index (κ1) is 21.8. The molecule has 3 aliphatic rings. The molecule has 2 N–H and O–H groups in total. The van der Waals surface area contributed by atoms with Crippen LogP contribution >= 0.6 is 11.8 Å². The molecule has 2 fully saturated rings. The first-order chi connectivity index (χ1) is 15.0. The Bertz CT molecular complexity index is 913. The molecular formula is C23H27N3O4S. The second-order valence-electron chi connectivity index (χ2n) is 8.05. The van der Waals surface area contributed by atoms with Gasteiger partial charge in [0.05, 0.1) is 6.10 Å². The summed E-state index contributed by atoms with van der Waals surface area (Å²) in [5.41, 5.74) is -0.378. The number of hydrogen-bond donors (Lipinski definition) is 2. The van der Waals surface area contributed by atoms with Gasteiger partial charge in [-0.1, -0.05) is 54.6 Å². The average Bonchev–Trinajstić information content (AvgIpc) is 3.03. The molecule has 2 saturated heterocycles.